The van der Waals surface area contributed by atoms with Crippen molar-refractivity contribution in [1.29, 1.82) is 0 Å². The molecule has 2 aromatic rings. The third-order valence-electron chi connectivity index (χ3n) is 5.25. The van der Waals surface area contributed by atoms with Crippen molar-refractivity contribution in [3.05, 3.63) is 70.2 Å². The molecule has 0 spiro atoms. The van der Waals surface area contributed by atoms with Gasteiger partial charge in [-0.3, -0.25) is 4.90 Å². The van der Waals surface area contributed by atoms with Gasteiger partial charge in [-0.15, -0.1) is 0 Å². The molecule has 1 heterocycles. The number of alkyl halides is 3. The van der Waals surface area contributed by atoms with Crippen LogP contribution in [0, 0.1) is 0 Å². The zero-order valence-corrected chi connectivity index (χ0v) is 18.4. The smallest absolute Gasteiger partial charge is 0.367 e. The van der Waals surface area contributed by atoms with E-state index in [9.17, 15) is 18.0 Å². The maximum atomic E-state index is 12.2. The standard InChI is InChI=1S/C23H27ClF3N3O2/c24-20-7-5-18(6-8-20)14-30-11-9-21(10-12-30)29-22(31)28-13-17-1-3-19(4-2-17)15-32-16-23(25,26)27/h1-8,21H,9-16H2,(H2,28,29,31). The average molecular weight is 470 g/mol. The van der Waals surface area contributed by atoms with Crippen LogP contribution in [0.25, 0.3) is 0 Å². The summed E-state index contributed by atoms with van der Waals surface area (Å²) < 4.78 is 41.0. The Labute approximate surface area is 190 Å². The summed E-state index contributed by atoms with van der Waals surface area (Å²) in [7, 11) is 0. The van der Waals surface area contributed by atoms with Gasteiger partial charge < -0.3 is 15.4 Å². The summed E-state index contributed by atoms with van der Waals surface area (Å²) >= 11 is 5.93. The first-order valence-corrected chi connectivity index (χ1v) is 10.9. The molecular formula is C23H27ClF3N3O2. The van der Waals surface area contributed by atoms with Gasteiger partial charge in [-0.2, -0.15) is 13.2 Å². The van der Waals surface area contributed by atoms with Crippen LogP contribution >= 0.6 is 11.6 Å². The number of hydrogen-bond acceptors (Lipinski definition) is 3. The Hall–Kier alpha value is -2.29. The molecule has 2 aromatic carbocycles. The van der Waals surface area contributed by atoms with Gasteiger partial charge in [0.25, 0.3) is 0 Å². The quantitative estimate of drug-likeness (QED) is 0.579. The lowest BCUT2D eigenvalue weighted by Crippen LogP contribution is -2.47. The van der Waals surface area contributed by atoms with Crippen molar-refractivity contribution >= 4 is 17.6 Å². The van der Waals surface area contributed by atoms with Crippen molar-refractivity contribution in [3.63, 3.8) is 0 Å². The summed E-state index contributed by atoms with van der Waals surface area (Å²) in [5.74, 6) is 0. The Balaban J connectivity index is 1.32. The maximum Gasteiger partial charge on any atom is 0.411 e. The number of halogens is 4. The monoisotopic (exact) mass is 469 g/mol. The molecule has 0 unspecified atom stereocenters. The summed E-state index contributed by atoms with van der Waals surface area (Å²) in [6.45, 7) is 1.65. The molecule has 2 N–H and O–H groups in total. The number of urea groups is 1. The molecule has 0 radical (unpaired) electrons. The van der Waals surface area contributed by atoms with Crippen molar-refractivity contribution in [2.24, 2.45) is 0 Å². The fourth-order valence-corrected chi connectivity index (χ4v) is 3.67. The van der Waals surface area contributed by atoms with Crippen LogP contribution in [0.5, 0.6) is 0 Å². The van der Waals surface area contributed by atoms with E-state index in [4.69, 9.17) is 11.6 Å². The van der Waals surface area contributed by atoms with E-state index < -0.39 is 12.8 Å². The van der Waals surface area contributed by atoms with E-state index in [-0.39, 0.29) is 18.7 Å². The van der Waals surface area contributed by atoms with Crippen LogP contribution < -0.4 is 10.6 Å². The molecule has 1 aliphatic heterocycles. The highest BCUT2D eigenvalue weighted by atomic mass is 35.5. The minimum Gasteiger partial charge on any atom is -0.367 e. The van der Waals surface area contributed by atoms with Gasteiger partial charge in [-0.25, -0.2) is 4.79 Å². The molecule has 0 saturated carbocycles. The number of carbonyl (C=O) groups excluding carboxylic acids is 1. The molecule has 9 heteroatoms. The number of rotatable bonds is 8. The summed E-state index contributed by atoms with van der Waals surface area (Å²) in [4.78, 5) is 14.6. The Bertz CT molecular complexity index is 852. The molecule has 5 nitrogen and oxygen atoms in total. The number of benzene rings is 2. The Kier molecular flexibility index (Phi) is 8.78. The first kappa shape index (κ1) is 24.4. The van der Waals surface area contributed by atoms with Crippen molar-refractivity contribution in [2.45, 2.75) is 44.8 Å². The molecule has 0 aromatic heterocycles. The molecule has 32 heavy (non-hydrogen) atoms. The van der Waals surface area contributed by atoms with Crippen molar-refractivity contribution < 1.29 is 22.7 Å². The van der Waals surface area contributed by atoms with E-state index in [2.05, 4.69) is 20.3 Å². The van der Waals surface area contributed by atoms with Crippen molar-refractivity contribution in [1.82, 2.24) is 15.5 Å². The zero-order chi connectivity index (χ0) is 23.0. The Morgan fingerprint density at radius 1 is 1.00 bits per heavy atom. The van der Waals surface area contributed by atoms with Crippen LogP contribution in [-0.4, -0.2) is 42.8 Å². The third-order valence-corrected chi connectivity index (χ3v) is 5.50. The molecule has 1 aliphatic rings. The summed E-state index contributed by atoms with van der Waals surface area (Å²) in [5.41, 5.74) is 2.72. The fourth-order valence-electron chi connectivity index (χ4n) is 3.54. The van der Waals surface area contributed by atoms with Gasteiger partial charge in [0.2, 0.25) is 0 Å². The predicted molar refractivity (Wildman–Crippen MR) is 117 cm³/mol. The number of hydrogen-bond donors (Lipinski definition) is 2. The van der Waals surface area contributed by atoms with Gasteiger partial charge in [0, 0.05) is 37.2 Å². The van der Waals surface area contributed by atoms with Crippen molar-refractivity contribution in [2.75, 3.05) is 19.7 Å². The van der Waals surface area contributed by atoms with E-state index in [1.165, 1.54) is 5.56 Å². The van der Waals surface area contributed by atoms with Gasteiger partial charge in [-0.05, 0) is 41.7 Å². The third kappa shape index (κ3) is 8.68. The normalized spacial score (nSPS) is 15.5. The van der Waals surface area contributed by atoms with E-state index >= 15 is 0 Å². The van der Waals surface area contributed by atoms with Gasteiger partial charge in [0.1, 0.15) is 6.61 Å². The second kappa shape index (κ2) is 11.5. The average Bonchev–Trinajstić information content (AvgIpc) is 2.75. The van der Waals surface area contributed by atoms with Crippen LogP contribution in [-0.2, 0) is 24.4 Å². The molecule has 3 rings (SSSR count). The van der Waals surface area contributed by atoms with Crippen LogP contribution in [0.15, 0.2) is 48.5 Å². The molecule has 1 saturated heterocycles. The lowest BCUT2D eigenvalue weighted by atomic mass is 10.0. The van der Waals surface area contributed by atoms with E-state index in [1.807, 2.05) is 24.3 Å². The molecule has 0 aliphatic carbocycles. The van der Waals surface area contributed by atoms with Crippen LogP contribution in [0.2, 0.25) is 5.02 Å². The Morgan fingerprint density at radius 3 is 2.22 bits per heavy atom. The topological polar surface area (TPSA) is 53.6 Å². The first-order chi connectivity index (χ1) is 15.3. The number of piperidine rings is 1. The minimum absolute atomic E-state index is 0.107. The van der Waals surface area contributed by atoms with Crippen LogP contribution in [0.4, 0.5) is 18.0 Å². The summed E-state index contributed by atoms with van der Waals surface area (Å²) in [6, 6.07) is 14.7. The highest BCUT2D eigenvalue weighted by Gasteiger charge is 2.27. The van der Waals surface area contributed by atoms with E-state index in [1.54, 1.807) is 24.3 Å². The van der Waals surface area contributed by atoms with Gasteiger partial charge in [0.15, 0.2) is 0 Å². The number of ether oxygens (including phenoxy) is 1. The predicted octanol–water partition coefficient (Wildman–Crippen LogP) is 4.88. The van der Waals surface area contributed by atoms with Gasteiger partial charge in [0.05, 0.1) is 6.61 Å². The summed E-state index contributed by atoms with van der Waals surface area (Å²) in [5, 5.41) is 6.57. The van der Waals surface area contributed by atoms with Crippen LogP contribution in [0.1, 0.15) is 29.5 Å². The van der Waals surface area contributed by atoms with E-state index in [0.29, 0.717) is 12.1 Å². The largest absolute Gasteiger partial charge is 0.411 e. The number of likely N-dealkylation sites (tertiary alicyclic amines) is 1. The SMILES string of the molecule is O=C(NCc1ccc(COCC(F)(F)F)cc1)NC1CCN(Cc2ccc(Cl)cc2)CC1. The molecule has 0 bridgehead atoms. The van der Waals surface area contributed by atoms with Gasteiger partial charge in [-0.1, -0.05) is 48.0 Å². The maximum absolute atomic E-state index is 12.2. The number of nitrogens with zero attached hydrogens (tertiary/aromatic N) is 1. The second-order valence-electron chi connectivity index (χ2n) is 7.93. The highest BCUT2D eigenvalue weighted by molar-refractivity contribution is 6.30. The number of amides is 2. The van der Waals surface area contributed by atoms with Gasteiger partial charge >= 0.3 is 12.2 Å². The molecular weight excluding hydrogens is 443 g/mol. The second-order valence-corrected chi connectivity index (χ2v) is 8.36. The molecule has 174 valence electrons. The van der Waals surface area contributed by atoms with E-state index in [0.717, 1.165) is 43.1 Å². The lowest BCUT2D eigenvalue weighted by molar-refractivity contribution is -0.176. The Morgan fingerprint density at radius 2 is 1.59 bits per heavy atom. The lowest BCUT2D eigenvalue weighted by Gasteiger charge is -2.32. The molecule has 0 atom stereocenters. The number of carbonyl (C=O) groups is 1. The van der Waals surface area contributed by atoms with Crippen LogP contribution in [0.3, 0.4) is 0 Å². The fraction of sp³-hybridized carbons (Fsp3) is 0.435. The van der Waals surface area contributed by atoms with Crippen molar-refractivity contribution in [3.8, 4) is 0 Å². The molecule has 2 amide bonds. The zero-order valence-electron chi connectivity index (χ0n) is 17.6. The summed E-state index contributed by atoms with van der Waals surface area (Å²) in [6.07, 6.45) is -2.56. The first-order valence-electron chi connectivity index (χ1n) is 10.5. The minimum atomic E-state index is -4.33. The molecule has 1 fully saturated rings. The number of nitrogens with one attached hydrogen (secondary N) is 2. The highest BCUT2D eigenvalue weighted by Crippen LogP contribution is 2.17.